The van der Waals surface area contributed by atoms with Crippen molar-refractivity contribution in [2.24, 2.45) is 0 Å². The molecular weight excluding hydrogens is 332 g/mol. The largest absolute Gasteiger partial charge is 0.360 e. The molecule has 132 valence electrons. The summed E-state index contributed by atoms with van der Waals surface area (Å²) in [6.45, 7) is 3.63. The summed E-state index contributed by atoms with van der Waals surface area (Å²) >= 11 is 0. The Kier molecular flexibility index (Phi) is 4.73. The normalized spacial score (nSPS) is 17.9. The van der Waals surface area contributed by atoms with E-state index in [4.69, 9.17) is 9.05 Å². The van der Waals surface area contributed by atoms with Crippen molar-refractivity contribution in [1.82, 2.24) is 20.0 Å². The molecule has 1 saturated carbocycles. The Hall–Kier alpha value is -1.74. The number of aromatic nitrogens is 3. The number of aryl methyl sites for hydroxylation is 2. The average Bonchev–Trinajstić information content (AvgIpc) is 3.16. The van der Waals surface area contributed by atoms with E-state index in [1.54, 1.807) is 13.0 Å². The summed E-state index contributed by atoms with van der Waals surface area (Å²) < 4.78 is 38.3. The molecule has 24 heavy (non-hydrogen) atoms. The molecule has 0 aliphatic heterocycles. The second-order valence-electron chi connectivity index (χ2n) is 6.28. The molecule has 0 radical (unpaired) electrons. The lowest BCUT2D eigenvalue weighted by Gasteiger charge is -2.34. The Labute approximate surface area is 141 Å². The molecule has 1 aliphatic rings. The molecule has 1 N–H and O–H groups in total. The molecule has 3 rings (SSSR count). The maximum atomic E-state index is 12.7. The SMILES string of the molecule is CCc1cc(CS(=O)(=O)NC2(c3noc(C)n3)CCCCC2)on1. The van der Waals surface area contributed by atoms with Crippen molar-refractivity contribution >= 4 is 10.0 Å². The van der Waals surface area contributed by atoms with Crippen LogP contribution in [0, 0.1) is 6.92 Å². The summed E-state index contributed by atoms with van der Waals surface area (Å²) in [6, 6.07) is 1.67. The average molecular weight is 354 g/mol. The third-order valence-electron chi connectivity index (χ3n) is 4.32. The monoisotopic (exact) mass is 354 g/mol. The summed E-state index contributed by atoms with van der Waals surface area (Å²) in [7, 11) is -3.63. The van der Waals surface area contributed by atoms with E-state index in [9.17, 15) is 8.42 Å². The van der Waals surface area contributed by atoms with Crippen LogP contribution in [0.2, 0.25) is 0 Å². The van der Waals surface area contributed by atoms with Crippen molar-refractivity contribution in [1.29, 1.82) is 0 Å². The molecule has 0 amide bonds. The first kappa shape index (κ1) is 17.1. The molecule has 8 nitrogen and oxygen atoms in total. The van der Waals surface area contributed by atoms with Crippen LogP contribution in [0.4, 0.5) is 0 Å². The van der Waals surface area contributed by atoms with Gasteiger partial charge in [0.2, 0.25) is 15.9 Å². The van der Waals surface area contributed by atoms with Crippen molar-refractivity contribution in [2.75, 3.05) is 0 Å². The fourth-order valence-corrected chi connectivity index (χ4v) is 4.61. The summed E-state index contributed by atoms with van der Waals surface area (Å²) in [5, 5.41) is 7.81. The highest BCUT2D eigenvalue weighted by molar-refractivity contribution is 7.88. The van der Waals surface area contributed by atoms with Gasteiger partial charge < -0.3 is 9.05 Å². The first-order chi connectivity index (χ1) is 11.4. The molecule has 0 bridgehead atoms. The number of hydrogen-bond acceptors (Lipinski definition) is 7. The van der Waals surface area contributed by atoms with Crippen LogP contribution < -0.4 is 4.72 Å². The highest BCUT2D eigenvalue weighted by atomic mass is 32.2. The standard InChI is InChI=1S/C15H22N4O4S/c1-3-12-9-13(23-17-12)10-24(20,21)19-15(7-5-4-6-8-15)14-16-11(2)22-18-14/h9,19H,3-8,10H2,1-2H3. The third-order valence-corrected chi connectivity index (χ3v) is 5.68. The number of nitrogens with zero attached hydrogens (tertiary/aromatic N) is 3. The summed E-state index contributed by atoms with van der Waals surface area (Å²) in [5.74, 6) is 0.917. The number of nitrogens with one attached hydrogen (secondary N) is 1. The number of hydrogen-bond donors (Lipinski definition) is 1. The van der Waals surface area contributed by atoms with Gasteiger partial charge in [-0.1, -0.05) is 36.5 Å². The van der Waals surface area contributed by atoms with Gasteiger partial charge in [-0.2, -0.15) is 4.98 Å². The maximum absolute atomic E-state index is 12.7. The lowest BCUT2D eigenvalue weighted by atomic mass is 9.82. The van der Waals surface area contributed by atoms with Gasteiger partial charge in [0.25, 0.3) is 0 Å². The Morgan fingerprint density at radius 1 is 1.21 bits per heavy atom. The predicted octanol–water partition coefficient (Wildman–Crippen LogP) is 2.21. The Balaban J connectivity index is 1.83. The number of sulfonamides is 1. The van der Waals surface area contributed by atoms with Crippen LogP contribution >= 0.6 is 0 Å². The zero-order valence-corrected chi connectivity index (χ0v) is 14.7. The van der Waals surface area contributed by atoms with Crippen molar-refractivity contribution in [3.63, 3.8) is 0 Å². The van der Waals surface area contributed by atoms with E-state index in [1.807, 2.05) is 6.92 Å². The minimum absolute atomic E-state index is 0.251. The quantitative estimate of drug-likeness (QED) is 0.846. The molecule has 0 atom stereocenters. The molecule has 2 aromatic rings. The lowest BCUT2D eigenvalue weighted by molar-refractivity contribution is 0.248. The second-order valence-corrected chi connectivity index (χ2v) is 8.00. The minimum Gasteiger partial charge on any atom is -0.360 e. The van der Waals surface area contributed by atoms with Gasteiger partial charge in [0.15, 0.2) is 11.6 Å². The van der Waals surface area contributed by atoms with E-state index >= 15 is 0 Å². The Morgan fingerprint density at radius 3 is 2.54 bits per heavy atom. The van der Waals surface area contributed by atoms with E-state index in [-0.39, 0.29) is 5.75 Å². The highest BCUT2D eigenvalue weighted by Gasteiger charge is 2.41. The van der Waals surface area contributed by atoms with E-state index in [1.165, 1.54) is 0 Å². The van der Waals surface area contributed by atoms with Crippen LogP contribution in [0.25, 0.3) is 0 Å². The van der Waals surface area contributed by atoms with Gasteiger partial charge in [-0.3, -0.25) is 0 Å². The van der Waals surface area contributed by atoms with Gasteiger partial charge in [0.1, 0.15) is 5.75 Å². The zero-order chi connectivity index (χ0) is 17.2. The van der Waals surface area contributed by atoms with Gasteiger partial charge in [0, 0.05) is 13.0 Å². The predicted molar refractivity (Wildman–Crippen MR) is 85.4 cm³/mol. The minimum atomic E-state index is -3.63. The Bertz CT molecular complexity index is 790. The topological polar surface area (TPSA) is 111 Å². The zero-order valence-electron chi connectivity index (χ0n) is 13.9. The van der Waals surface area contributed by atoms with Crippen molar-refractivity contribution < 1.29 is 17.5 Å². The maximum Gasteiger partial charge on any atom is 0.223 e. The molecule has 0 aromatic carbocycles. The van der Waals surface area contributed by atoms with Crippen LogP contribution in [0.1, 0.15) is 62.2 Å². The molecule has 0 spiro atoms. The van der Waals surface area contributed by atoms with Crippen LogP contribution in [-0.4, -0.2) is 23.7 Å². The van der Waals surface area contributed by atoms with Crippen LogP contribution in [0.5, 0.6) is 0 Å². The molecule has 0 unspecified atom stereocenters. The fourth-order valence-electron chi connectivity index (χ4n) is 3.13. The first-order valence-corrected chi connectivity index (χ1v) is 9.84. The molecule has 1 fully saturated rings. The molecular formula is C15H22N4O4S. The second kappa shape index (κ2) is 6.64. The van der Waals surface area contributed by atoms with Crippen molar-refractivity contribution in [3.05, 3.63) is 29.2 Å². The third kappa shape index (κ3) is 3.67. The molecule has 1 aliphatic carbocycles. The van der Waals surface area contributed by atoms with E-state index in [0.717, 1.165) is 25.0 Å². The van der Waals surface area contributed by atoms with Crippen LogP contribution in [0.15, 0.2) is 15.1 Å². The summed E-state index contributed by atoms with van der Waals surface area (Å²) in [5.41, 5.74) is -0.0657. The van der Waals surface area contributed by atoms with E-state index < -0.39 is 15.6 Å². The highest BCUT2D eigenvalue weighted by Crippen LogP contribution is 2.36. The molecule has 0 saturated heterocycles. The summed E-state index contributed by atoms with van der Waals surface area (Å²) in [6.07, 6.45) is 4.91. The molecule has 9 heteroatoms. The lowest BCUT2D eigenvalue weighted by Crippen LogP contribution is -2.48. The summed E-state index contributed by atoms with van der Waals surface area (Å²) in [4.78, 5) is 4.27. The number of rotatable bonds is 6. The molecule has 2 heterocycles. The van der Waals surface area contributed by atoms with E-state index in [0.29, 0.717) is 36.7 Å². The van der Waals surface area contributed by atoms with Gasteiger partial charge in [-0.05, 0) is 19.3 Å². The molecule has 2 aromatic heterocycles. The van der Waals surface area contributed by atoms with Crippen molar-refractivity contribution in [3.8, 4) is 0 Å². The van der Waals surface area contributed by atoms with Crippen LogP contribution in [0.3, 0.4) is 0 Å². The van der Waals surface area contributed by atoms with Gasteiger partial charge in [-0.25, -0.2) is 13.1 Å². The van der Waals surface area contributed by atoms with E-state index in [2.05, 4.69) is 20.0 Å². The first-order valence-electron chi connectivity index (χ1n) is 8.19. The van der Waals surface area contributed by atoms with Gasteiger partial charge in [-0.15, -0.1) is 0 Å². The Morgan fingerprint density at radius 2 is 1.96 bits per heavy atom. The smallest absolute Gasteiger partial charge is 0.223 e. The van der Waals surface area contributed by atoms with Gasteiger partial charge >= 0.3 is 0 Å². The van der Waals surface area contributed by atoms with Crippen molar-refractivity contribution in [2.45, 2.75) is 63.7 Å². The van der Waals surface area contributed by atoms with Gasteiger partial charge in [0.05, 0.1) is 11.2 Å². The fraction of sp³-hybridized carbons (Fsp3) is 0.667. The van der Waals surface area contributed by atoms with Crippen LogP contribution in [-0.2, 0) is 27.7 Å².